The summed E-state index contributed by atoms with van der Waals surface area (Å²) in [5.41, 5.74) is 0.706. The fraction of sp³-hybridized carbons (Fsp3) is 0.400. The summed E-state index contributed by atoms with van der Waals surface area (Å²) in [5, 5.41) is 11.9. The van der Waals surface area contributed by atoms with Crippen molar-refractivity contribution in [2.75, 3.05) is 5.32 Å². The number of hydrogen-bond donors (Lipinski definition) is 2. The molecule has 0 spiro atoms. The second-order valence-corrected chi connectivity index (χ2v) is 6.85. The van der Waals surface area contributed by atoms with Crippen molar-refractivity contribution >= 4 is 35.2 Å². The van der Waals surface area contributed by atoms with Crippen molar-refractivity contribution in [3.63, 3.8) is 0 Å². The number of carboxylic acids is 1. The van der Waals surface area contributed by atoms with Crippen molar-refractivity contribution < 1.29 is 19.5 Å². The second kappa shape index (κ2) is 5.64. The Morgan fingerprint density at radius 2 is 2.00 bits per heavy atom. The smallest absolute Gasteiger partial charge is 0.327 e. The Labute approximate surface area is 131 Å². The zero-order chi connectivity index (χ0) is 15.9. The minimum atomic E-state index is -0.942. The van der Waals surface area contributed by atoms with Gasteiger partial charge in [-0.25, -0.2) is 4.79 Å². The molecule has 7 heteroatoms. The Morgan fingerprint density at radius 3 is 2.55 bits per heavy atom. The molecule has 2 saturated heterocycles. The molecule has 6 nitrogen and oxygen atoms in total. The van der Waals surface area contributed by atoms with Crippen LogP contribution in [0.15, 0.2) is 29.2 Å². The predicted octanol–water partition coefficient (Wildman–Crippen LogP) is 1.56. The topological polar surface area (TPSA) is 86.7 Å². The minimum Gasteiger partial charge on any atom is -0.480 e. The molecule has 3 atom stereocenters. The van der Waals surface area contributed by atoms with E-state index in [1.807, 2.05) is 12.1 Å². The Kier molecular flexibility index (Phi) is 3.82. The third-order valence-electron chi connectivity index (χ3n) is 3.96. The lowest BCUT2D eigenvalue weighted by atomic mass is 10.0. The van der Waals surface area contributed by atoms with E-state index in [1.54, 1.807) is 12.1 Å². The quantitative estimate of drug-likeness (QED) is 0.822. The number of carbonyl (C=O) groups excluding carboxylic acids is 2. The lowest BCUT2D eigenvalue weighted by molar-refractivity contribution is -0.156. The molecule has 0 aromatic heterocycles. The standard InChI is InChI=1S/C15H16N2O4S/c1-8(18)16-9-2-4-11(5-3-9)22-12-6-10-7-13(19)17(10)14(12)15(20)21/h2-5,10,12,14H,6-7H2,1H3,(H,16,18)(H,20,21). The Morgan fingerprint density at radius 1 is 1.32 bits per heavy atom. The maximum atomic E-state index is 11.6. The highest BCUT2D eigenvalue weighted by atomic mass is 32.2. The van der Waals surface area contributed by atoms with Crippen LogP contribution < -0.4 is 5.32 Å². The Bertz CT molecular complexity index is 631. The van der Waals surface area contributed by atoms with E-state index >= 15 is 0 Å². The molecular formula is C15H16N2O4S. The highest BCUT2D eigenvalue weighted by Gasteiger charge is 2.54. The number of anilines is 1. The number of β-lactam (4-membered cyclic amide) rings is 1. The zero-order valence-electron chi connectivity index (χ0n) is 12.0. The largest absolute Gasteiger partial charge is 0.480 e. The summed E-state index contributed by atoms with van der Waals surface area (Å²) in [6.07, 6.45) is 1.17. The molecule has 2 fully saturated rings. The number of benzene rings is 1. The second-order valence-electron chi connectivity index (χ2n) is 5.54. The van der Waals surface area contributed by atoms with E-state index in [0.717, 1.165) is 4.90 Å². The van der Waals surface area contributed by atoms with Gasteiger partial charge in [0.25, 0.3) is 0 Å². The van der Waals surface area contributed by atoms with E-state index in [0.29, 0.717) is 18.5 Å². The summed E-state index contributed by atoms with van der Waals surface area (Å²) >= 11 is 1.48. The Balaban J connectivity index is 1.71. The lowest BCUT2D eigenvalue weighted by Crippen LogP contribution is -2.55. The molecule has 0 bridgehead atoms. The third-order valence-corrected chi connectivity index (χ3v) is 5.26. The van der Waals surface area contributed by atoms with Gasteiger partial charge >= 0.3 is 5.97 Å². The molecule has 0 saturated carbocycles. The van der Waals surface area contributed by atoms with Crippen LogP contribution in [0.2, 0.25) is 0 Å². The number of carbonyl (C=O) groups is 3. The zero-order valence-corrected chi connectivity index (χ0v) is 12.8. The molecule has 0 radical (unpaired) electrons. The van der Waals surface area contributed by atoms with Crippen LogP contribution in [0.1, 0.15) is 19.8 Å². The van der Waals surface area contributed by atoms with Crippen LogP contribution in [0.25, 0.3) is 0 Å². The molecule has 2 amide bonds. The van der Waals surface area contributed by atoms with E-state index in [2.05, 4.69) is 5.32 Å². The molecule has 1 aromatic rings. The summed E-state index contributed by atoms with van der Waals surface area (Å²) < 4.78 is 0. The number of carboxylic acid groups (broad SMARTS) is 1. The molecular weight excluding hydrogens is 304 g/mol. The van der Waals surface area contributed by atoms with Gasteiger partial charge in [0.15, 0.2) is 0 Å². The van der Waals surface area contributed by atoms with Gasteiger partial charge in [0.05, 0.1) is 0 Å². The van der Waals surface area contributed by atoms with Gasteiger partial charge in [0.1, 0.15) is 6.04 Å². The molecule has 1 aromatic carbocycles. The molecule has 116 valence electrons. The first-order valence-corrected chi connectivity index (χ1v) is 7.92. The summed E-state index contributed by atoms with van der Waals surface area (Å²) in [4.78, 5) is 36.5. The average Bonchev–Trinajstić information content (AvgIpc) is 2.73. The number of hydrogen-bond acceptors (Lipinski definition) is 4. The predicted molar refractivity (Wildman–Crippen MR) is 81.7 cm³/mol. The number of aliphatic carboxylic acids is 1. The van der Waals surface area contributed by atoms with Crippen LogP contribution in [-0.2, 0) is 14.4 Å². The fourth-order valence-electron chi connectivity index (χ4n) is 3.04. The molecule has 3 unspecified atom stereocenters. The lowest BCUT2D eigenvalue weighted by Gasteiger charge is -2.37. The first-order valence-electron chi connectivity index (χ1n) is 7.04. The molecule has 22 heavy (non-hydrogen) atoms. The molecule has 3 rings (SSSR count). The van der Waals surface area contributed by atoms with Crippen molar-refractivity contribution in [2.24, 2.45) is 0 Å². The van der Waals surface area contributed by atoms with Crippen molar-refractivity contribution in [3.8, 4) is 0 Å². The Hall–Kier alpha value is -2.02. The number of rotatable bonds is 4. The van der Waals surface area contributed by atoms with Gasteiger partial charge in [-0.05, 0) is 30.7 Å². The van der Waals surface area contributed by atoms with Crippen molar-refractivity contribution in [2.45, 2.75) is 42.0 Å². The van der Waals surface area contributed by atoms with Gasteiger partial charge in [0.2, 0.25) is 11.8 Å². The number of nitrogens with zero attached hydrogens (tertiary/aromatic N) is 1. The SMILES string of the molecule is CC(=O)Nc1ccc(SC2CC3CC(=O)N3C2C(=O)O)cc1. The first kappa shape index (κ1) is 14.9. The van der Waals surface area contributed by atoms with E-state index in [-0.39, 0.29) is 23.1 Å². The van der Waals surface area contributed by atoms with Gasteiger partial charge in [-0.15, -0.1) is 11.8 Å². The van der Waals surface area contributed by atoms with Crippen LogP contribution in [-0.4, -0.2) is 45.1 Å². The molecule has 0 aliphatic carbocycles. The van der Waals surface area contributed by atoms with Gasteiger partial charge in [-0.1, -0.05) is 0 Å². The van der Waals surface area contributed by atoms with Gasteiger partial charge in [-0.2, -0.15) is 0 Å². The van der Waals surface area contributed by atoms with Crippen LogP contribution in [0.4, 0.5) is 5.69 Å². The van der Waals surface area contributed by atoms with Crippen LogP contribution in [0.3, 0.4) is 0 Å². The van der Waals surface area contributed by atoms with Crippen LogP contribution >= 0.6 is 11.8 Å². The van der Waals surface area contributed by atoms with Crippen LogP contribution in [0.5, 0.6) is 0 Å². The first-order chi connectivity index (χ1) is 10.5. The maximum Gasteiger partial charge on any atom is 0.327 e. The maximum absolute atomic E-state index is 11.6. The highest BCUT2D eigenvalue weighted by molar-refractivity contribution is 8.00. The van der Waals surface area contributed by atoms with Crippen molar-refractivity contribution in [3.05, 3.63) is 24.3 Å². The molecule has 2 N–H and O–H groups in total. The number of nitrogens with one attached hydrogen (secondary N) is 1. The van der Waals surface area contributed by atoms with E-state index in [1.165, 1.54) is 23.6 Å². The number of fused-ring (bicyclic) bond motifs is 1. The van der Waals surface area contributed by atoms with Gasteiger partial charge < -0.3 is 15.3 Å². The summed E-state index contributed by atoms with van der Waals surface area (Å²) in [6, 6.07) is 6.61. The van der Waals surface area contributed by atoms with E-state index in [4.69, 9.17) is 0 Å². The normalized spacial score (nSPS) is 26.3. The minimum absolute atomic E-state index is 0.0680. The van der Waals surface area contributed by atoms with Gasteiger partial charge in [0, 0.05) is 35.2 Å². The highest BCUT2D eigenvalue weighted by Crippen LogP contribution is 2.43. The van der Waals surface area contributed by atoms with Crippen LogP contribution in [0, 0.1) is 0 Å². The van der Waals surface area contributed by atoms with E-state index in [9.17, 15) is 19.5 Å². The van der Waals surface area contributed by atoms with Gasteiger partial charge in [-0.3, -0.25) is 9.59 Å². The molecule has 2 aliphatic rings. The summed E-state index contributed by atoms with van der Waals surface area (Å²) in [5.74, 6) is -1.14. The monoisotopic (exact) mass is 320 g/mol. The van der Waals surface area contributed by atoms with Crippen molar-refractivity contribution in [1.29, 1.82) is 0 Å². The molecule has 2 aliphatic heterocycles. The fourth-order valence-corrected chi connectivity index (χ4v) is 4.37. The summed E-state index contributed by atoms with van der Waals surface area (Å²) in [6.45, 7) is 1.44. The summed E-state index contributed by atoms with van der Waals surface area (Å²) in [7, 11) is 0. The number of amides is 2. The van der Waals surface area contributed by atoms with E-state index < -0.39 is 12.0 Å². The average molecular weight is 320 g/mol. The number of thioether (sulfide) groups is 1. The third kappa shape index (κ3) is 2.68. The van der Waals surface area contributed by atoms with Crippen molar-refractivity contribution in [1.82, 2.24) is 4.90 Å². The molecule has 2 heterocycles.